The molecule has 0 bridgehead atoms. The Hall–Kier alpha value is -3.72. The Morgan fingerprint density at radius 2 is 1.78 bits per heavy atom. The number of nitrogens with zero attached hydrogens (tertiary/aromatic N) is 1. The third kappa shape index (κ3) is 6.35. The molecule has 6 nitrogen and oxygen atoms in total. The van der Waals surface area contributed by atoms with Crippen LogP contribution in [0.3, 0.4) is 0 Å². The molecule has 0 aliphatic carbocycles. The highest BCUT2D eigenvalue weighted by Gasteiger charge is 2.34. The quantitative estimate of drug-likeness (QED) is 0.367. The van der Waals surface area contributed by atoms with Gasteiger partial charge < -0.3 is 14.7 Å². The van der Waals surface area contributed by atoms with Crippen LogP contribution in [-0.2, 0) is 16.2 Å². The molecule has 0 aromatic heterocycles. The van der Waals surface area contributed by atoms with Gasteiger partial charge in [0.25, 0.3) is 5.91 Å². The molecule has 192 valence electrons. The van der Waals surface area contributed by atoms with E-state index >= 15 is 0 Å². The molecule has 1 N–H and O–H groups in total. The minimum atomic E-state index is -0.998. The van der Waals surface area contributed by atoms with Gasteiger partial charge in [0.05, 0.1) is 5.75 Å². The number of carboxylic acid groups (broad SMARTS) is 1. The summed E-state index contributed by atoms with van der Waals surface area (Å²) < 4.78 is 33.6. The highest BCUT2D eigenvalue weighted by molar-refractivity contribution is 8.00. The summed E-state index contributed by atoms with van der Waals surface area (Å²) in [7, 11) is 0. The van der Waals surface area contributed by atoms with Gasteiger partial charge in [-0.2, -0.15) is 0 Å². The van der Waals surface area contributed by atoms with E-state index in [1.54, 1.807) is 42.5 Å². The Kier molecular flexibility index (Phi) is 8.23. The van der Waals surface area contributed by atoms with Gasteiger partial charge in [0, 0.05) is 17.0 Å². The standard InChI is InChI=1S/C28H25F2NO5S/c1-17(32)16-37-26-14-24(30)23(29)13-22(26)19-7-9-21(10-8-19)36-15-18-4-2-5-20(12-18)27(33)31-11-3-6-25(31)28(34)35/h2,4-5,7-10,12-14,25H,3,6,11,15-16H2,1H3,(H,34,35)/t25-/m0/s1. The lowest BCUT2D eigenvalue weighted by atomic mass is 10.1. The van der Waals surface area contributed by atoms with E-state index in [9.17, 15) is 28.3 Å². The number of halogens is 2. The minimum absolute atomic E-state index is 0.0719. The van der Waals surface area contributed by atoms with Gasteiger partial charge in [-0.05, 0) is 72.9 Å². The fourth-order valence-electron chi connectivity index (χ4n) is 4.18. The summed E-state index contributed by atoms with van der Waals surface area (Å²) in [4.78, 5) is 37.5. The molecular formula is C28H25F2NO5S. The van der Waals surface area contributed by atoms with Gasteiger partial charge in [-0.15, -0.1) is 11.8 Å². The van der Waals surface area contributed by atoms with Crippen LogP contribution >= 0.6 is 11.8 Å². The zero-order valence-electron chi connectivity index (χ0n) is 20.1. The molecular weight excluding hydrogens is 500 g/mol. The minimum Gasteiger partial charge on any atom is -0.489 e. The number of ketones is 1. The van der Waals surface area contributed by atoms with Crippen LogP contribution in [0, 0.1) is 11.6 Å². The first-order chi connectivity index (χ1) is 17.7. The molecule has 37 heavy (non-hydrogen) atoms. The lowest BCUT2D eigenvalue weighted by molar-refractivity contribution is -0.141. The van der Waals surface area contributed by atoms with Gasteiger partial charge in [-0.25, -0.2) is 13.6 Å². The van der Waals surface area contributed by atoms with Crippen LogP contribution in [0.15, 0.2) is 65.6 Å². The normalized spacial score (nSPS) is 15.0. The molecule has 0 spiro atoms. The number of carboxylic acids is 1. The van der Waals surface area contributed by atoms with Crippen molar-refractivity contribution in [2.45, 2.75) is 37.3 Å². The van der Waals surface area contributed by atoms with E-state index in [-0.39, 0.29) is 24.1 Å². The van der Waals surface area contributed by atoms with Crippen molar-refractivity contribution in [3.05, 3.63) is 83.4 Å². The zero-order chi connectivity index (χ0) is 26.5. The molecule has 1 amide bonds. The average Bonchev–Trinajstić information content (AvgIpc) is 3.38. The number of benzene rings is 3. The van der Waals surface area contributed by atoms with E-state index in [2.05, 4.69) is 0 Å². The third-order valence-electron chi connectivity index (χ3n) is 6.00. The van der Waals surface area contributed by atoms with Gasteiger partial charge in [0.1, 0.15) is 24.2 Å². The number of ether oxygens (including phenoxy) is 1. The molecule has 1 saturated heterocycles. The van der Waals surface area contributed by atoms with Crippen LogP contribution in [0.25, 0.3) is 11.1 Å². The van der Waals surface area contributed by atoms with E-state index in [0.717, 1.165) is 29.5 Å². The topological polar surface area (TPSA) is 83.9 Å². The van der Waals surface area contributed by atoms with Gasteiger partial charge >= 0.3 is 5.97 Å². The molecule has 4 rings (SSSR count). The van der Waals surface area contributed by atoms with Crippen LogP contribution in [-0.4, -0.2) is 46.0 Å². The first-order valence-corrected chi connectivity index (χ1v) is 12.7. The Morgan fingerprint density at radius 3 is 2.49 bits per heavy atom. The highest BCUT2D eigenvalue weighted by Crippen LogP contribution is 2.34. The number of hydrogen-bond acceptors (Lipinski definition) is 5. The fraction of sp³-hybridized carbons (Fsp3) is 0.250. The zero-order valence-corrected chi connectivity index (χ0v) is 20.9. The van der Waals surface area contributed by atoms with Crippen molar-refractivity contribution >= 4 is 29.4 Å². The summed E-state index contributed by atoms with van der Waals surface area (Å²) in [5.41, 5.74) is 2.26. The van der Waals surface area contributed by atoms with E-state index in [0.29, 0.717) is 46.7 Å². The van der Waals surface area contributed by atoms with Crippen molar-refractivity contribution in [3.8, 4) is 16.9 Å². The lowest BCUT2D eigenvalue weighted by Gasteiger charge is -2.21. The Bertz CT molecular complexity index is 1330. The lowest BCUT2D eigenvalue weighted by Crippen LogP contribution is -2.40. The van der Waals surface area contributed by atoms with Crippen LogP contribution in [0.4, 0.5) is 8.78 Å². The Balaban J connectivity index is 1.45. The Labute approximate surface area is 217 Å². The molecule has 1 atom stereocenters. The highest BCUT2D eigenvalue weighted by atomic mass is 32.2. The Morgan fingerprint density at radius 1 is 1.05 bits per heavy atom. The van der Waals surface area contributed by atoms with E-state index in [1.165, 1.54) is 11.8 Å². The molecule has 9 heteroatoms. The largest absolute Gasteiger partial charge is 0.489 e. The smallest absolute Gasteiger partial charge is 0.326 e. The van der Waals surface area contributed by atoms with Crippen molar-refractivity contribution in [2.75, 3.05) is 12.3 Å². The van der Waals surface area contributed by atoms with Crippen molar-refractivity contribution < 1.29 is 33.0 Å². The number of aliphatic carboxylic acids is 1. The molecule has 3 aromatic rings. The molecule has 0 radical (unpaired) electrons. The predicted molar refractivity (Wildman–Crippen MR) is 136 cm³/mol. The monoisotopic (exact) mass is 525 g/mol. The number of rotatable bonds is 9. The average molecular weight is 526 g/mol. The van der Waals surface area contributed by atoms with Crippen LogP contribution in [0.5, 0.6) is 5.75 Å². The molecule has 1 fully saturated rings. The second-order valence-electron chi connectivity index (χ2n) is 8.76. The molecule has 3 aromatic carbocycles. The van der Waals surface area contributed by atoms with Crippen LogP contribution in [0.1, 0.15) is 35.7 Å². The second kappa shape index (κ2) is 11.6. The number of thioether (sulfide) groups is 1. The van der Waals surface area contributed by atoms with E-state index in [4.69, 9.17) is 4.74 Å². The van der Waals surface area contributed by atoms with Gasteiger partial charge in [0.15, 0.2) is 11.6 Å². The van der Waals surface area contributed by atoms with Gasteiger partial charge in [-0.3, -0.25) is 9.59 Å². The number of Topliss-reactive ketones (excluding diaryl/α,β-unsaturated/α-hetero) is 1. The van der Waals surface area contributed by atoms with Gasteiger partial charge in [0.2, 0.25) is 0 Å². The maximum absolute atomic E-state index is 13.9. The summed E-state index contributed by atoms with van der Waals surface area (Å²) in [5, 5.41) is 9.36. The summed E-state index contributed by atoms with van der Waals surface area (Å²) in [6.07, 6.45) is 1.10. The van der Waals surface area contributed by atoms with Crippen molar-refractivity contribution in [3.63, 3.8) is 0 Å². The molecule has 0 saturated carbocycles. The maximum atomic E-state index is 13.9. The van der Waals surface area contributed by atoms with Crippen molar-refractivity contribution in [1.82, 2.24) is 4.90 Å². The van der Waals surface area contributed by atoms with Gasteiger partial charge in [-0.1, -0.05) is 24.3 Å². The first-order valence-electron chi connectivity index (χ1n) is 11.7. The number of hydrogen-bond donors (Lipinski definition) is 1. The van der Waals surface area contributed by atoms with Crippen molar-refractivity contribution in [2.24, 2.45) is 0 Å². The SMILES string of the molecule is CC(=O)CSc1cc(F)c(F)cc1-c1ccc(OCc2cccc(C(=O)N3CCC[C@H]3C(=O)O)c2)cc1. The summed E-state index contributed by atoms with van der Waals surface area (Å²) >= 11 is 1.15. The second-order valence-corrected chi connectivity index (χ2v) is 9.78. The molecule has 0 unspecified atom stereocenters. The number of carbonyl (C=O) groups is 3. The van der Waals surface area contributed by atoms with E-state index < -0.39 is 23.6 Å². The third-order valence-corrected chi connectivity index (χ3v) is 7.20. The van der Waals surface area contributed by atoms with Crippen LogP contribution in [0.2, 0.25) is 0 Å². The molecule has 1 heterocycles. The number of amides is 1. The van der Waals surface area contributed by atoms with E-state index in [1.807, 2.05) is 6.07 Å². The number of likely N-dealkylation sites (tertiary alicyclic amines) is 1. The van der Waals surface area contributed by atoms with Crippen LogP contribution < -0.4 is 4.74 Å². The number of carbonyl (C=O) groups excluding carboxylic acids is 2. The predicted octanol–water partition coefficient (Wildman–Crippen LogP) is 5.58. The van der Waals surface area contributed by atoms with Crippen molar-refractivity contribution in [1.29, 1.82) is 0 Å². The molecule has 1 aliphatic heterocycles. The fourth-order valence-corrected chi connectivity index (χ4v) is 5.05. The maximum Gasteiger partial charge on any atom is 0.326 e. The molecule has 1 aliphatic rings. The first kappa shape index (κ1) is 26.3. The summed E-state index contributed by atoms with van der Waals surface area (Å²) in [6, 6.07) is 15.1. The summed E-state index contributed by atoms with van der Waals surface area (Å²) in [6.45, 7) is 2.02. The summed E-state index contributed by atoms with van der Waals surface area (Å²) in [5.74, 6) is -2.65.